The summed E-state index contributed by atoms with van der Waals surface area (Å²) in [6.45, 7) is 6.90. The Morgan fingerprint density at radius 1 is 1.45 bits per heavy atom. The highest BCUT2D eigenvalue weighted by Gasteiger charge is 2.48. The molecule has 2 rings (SSSR count). The van der Waals surface area contributed by atoms with Gasteiger partial charge >= 0.3 is 5.97 Å². The van der Waals surface area contributed by atoms with Crippen molar-refractivity contribution in [3.8, 4) is 0 Å². The van der Waals surface area contributed by atoms with E-state index >= 15 is 0 Å². The van der Waals surface area contributed by atoms with E-state index in [2.05, 4.69) is 23.8 Å². The first-order valence-electron chi connectivity index (χ1n) is 7.89. The average Bonchev–Trinajstić information content (AvgIpc) is 2.49. The van der Waals surface area contributed by atoms with E-state index in [1.165, 1.54) is 0 Å². The lowest BCUT2D eigenvalue weighted by Crippen LogP contribution is -2.56. The van der Waals surface area contributed by atoms with Crippen LogP contribution in [0, 0.1) is 5.41 Å². The Labute approximate surface area is 131 Å². The fourth-order valence-electron chi connectivity index (χ4n) is 3.05. The van der Waals surface area contributed by atoms with Crippen LogP contribution in [0.4, 0.5) is 5.95 Å². The van der Waals surface area contributed by atoms with Crippen LogP contribution in [0.15, 0.2) is 12.4 Å². The number of hydrogen-bond acceptors (Lipinski definition) is 5. The summed E-state index contributed by atoms with van der Waals surface area (Å²) in [6, 6.07) is 0. The van der Waals surface area contributed by atoms with Crippen LogP contribution in [0.3, 0.4) is 0 Å². The van der Waals surface area contributed by atoms with Crippen molar-refractivity contribution in [2.45, 2.75) is 52.1 Å². The maximum atomic E-state index is 11.8. The average molecular weight is 307 g/mol. The van der Waals surface area contributed by atoms with Crippen molar-refractivity contribution >= 4 is 11.9 Å². The molecule has 2 heterocycles. The molecule has 1 saturated heterocycles. The SMILES string of the molecule is CCC[C@]1(C(=O)O)CN(c2ncc(C(C)C)cn2)CC[C@@H]1O. The van der Waals surface area contributed by atoms with Crippen LogP contribution >= 0.6 is 0 Å². The van der Waals surface area contributed by atoms with E-state index in [1.54, 1.807) is 12.4 Å². The Morgan fingerprint density at radius 3 is 2.59 bits per heavy atom. The van der Waals surface area contributed by atoms with Crippen molar-refractivity contribution in [2.75, 3.05) is 18.0 Å². The van der Waals surface area contributed by atoms with E-state index in [1.807, 2.05) is 11.8 Å². The van der Waals surface area contributed by atoms with Crippen molar-refractivity contribution in [1.29, 1.82) is 0 Å². The van der Waals surface area contributed by atoms with Gasteiger partial charge in [-0.15, -0.1) is 0 Å². The lowest BCUT2D eigenvalue weighted by atomic mass is 9.74. The van der Waals surface area contributed by atoms with Crippen molar-refractivity contribution in [3.05, 3.63) is 18.0 Å². The van der Waals surface area contributed by atoms with Gasteiger partial charge in [-0.1, -0.05) is 27.2 Å². The number of aliphatic hydroxyl groups excluding tert-OH is 1. The van der Waals surface area contributed by atoms with Gasteiger partial charge in [0.25, 0.3) is 0 Å². The number of aliphatic carboxylic acids is 1. The number of carboxylic acids is 1. The number of carboxylic acid groups (broad SMARTS) is 1. The number of anilines is 1. The first-order chi connectivity index (χ1) is 10.4. The largest absolute Gasteiger partial charge is 0.481 e. The summed E-state index contributed by atoms with van der Waals surface area (Å²) in [4.78, 5) is 22.4. The lowest BCUT2D eigenvalue weighted by molar-refractivity contribution is -0.158. The Balaban J connectivity index is 2.24. The molecule has 1 aliphatic heterocycles. The molecule has 0 bridgehead atoms. The zero-order valence-electron chi connectivity index (χ0n) is 13.5. The highest BCUT2D eigenvalue weighted by molar-refractivity contribution is 5.76. The van der Waals surface area contributed by atoms with Gasteiger partial charge in [0.1, 0.15) is 5.41 Å². The fraction of sp³-hybridized carbons (Fsp3) is 0.688. The number of aliphatic hydroxyl groups is 1. The molecule has 22 heavy (non-hydrogen) atoms. The van der Waals surface area contributed by atoms with Crippen molar-refractivity contribution in [3.63, 3.8) is 0 Å². The van der Waals surface area contributed by atoms with Gasteiger partial charge in [-0.3, -0.25) is 4.79 Å². The molecular weight excluding hydrogens is 282 g/mol. The van der Waals surface area contributed by atoms with Crippen molar-refractivity contribution in [2.24, 2.45) is 5.41 Å². The van der Waals surface area contributed by atoms with Gasteiger partial charge < -0.3 is 15.1 Å². The van der Waals surface area contributed by atoms with Gasteiger partial charge in [-0.25, -0.2) is 9.97 Å². The van der Waals surface area contributed by atoms with Crippen LogP contribution in [0.2, 0.25) is 0 Å². The Morgan fingerprint density at radius 2 is 2.09 bits per heavy atom. The van der Waals surface area contributed by atoms with Crippen LogP contribution in [0.1, 0.15) is 51.5 Å². The molecule has 0 spiro atoms. The summed E-state index contributed by atoms with van der Waals surface area (Å²) in [7, 11) is 0. The van der Waals surface area contributed by atoms with Crippen molar-refractivity contribution in [1.82, 2.24) is 9.97 Å². The summed E-state index contributed by atoms with van der Waals surface area (Å²) in [6.07, 6.45) is 4.34. The molecule has 6 nitrogen and oxygen atoms in total. The highest BCUT2D eigenvalue weighted by atomic mass is 16.4. The second-order valence-electron chi connectivity index (χ2n) is 6.41. The highest BCUT2D eigenvalue weighted by Crippen LogP contribution is 2.36. The number of piperidine rings is 1. The van der Waals surface area contributed by atoms with Gasteiger partial charge in [-0.05, 0) is 24.3 Å². The standard InChI is InChI=1S/C16H25N3O3/c1-4-6-16(14(21)22)10-19(7-5-13(16)20)15-17-8-12(9-18-15)11(2)3/h8-9,11,13,20H,4-7,10H2,1-3H3,(H,21,22)/t13-,16-/m0/s1. The third-order valence-corrected chi connectivity index (χ3v) is 4.51. The van der Waals surface area contributed by atoms with Gasteiger partial charge in [0.2, 0.25) is 5.95 Å². The predicted octanol–water partition coefficient (Wildman–Crippen LogP) is 2.04. The van der Waals surface area contributed by atoms with E-state index in [4.69, 9.17) is 0 Å². The number of carbonyl (C=O) groups is 1. The second-order valence-corrected chi connectivity index (χ2v) is 6.41. The molecule has 6 heteroatoms. The topological polar surface area (TPSA) is 86.5 Å². The normalized spacial score (nSPS) is 25.5. The molecule has 1 aliphatic rings. The van der Waals surface area contributed by atoms with E-state index in [-0.39, 0.29) is 6.54 Å². The van der Waals surface area contributed by atoms with Gasteiger partial charge in [-0.2, -0.15) is 0 Å². The monoisotopic (exact) mass is 307 g/mol. The quantitative estimate of drug-likeness (QED) is 0.865. The first kappa shape index (κ1) is 16.7. The molecule has 1 aromatic heterocycles. The molecule has 1 fully saturated rings. The molecule has 0 aliphatic carbocycles. The summed E-state index contributed by atoms with van der Waals surface area (Å²) >= 11 is 0. The van der Waals surface area contributed by atoms with Crippen LogP contribution < -0.4 is 4.90 Å². The maximum absolute atomic E-state index is 11.8. The smallest absolute Gasteiger partial charge is 0.314 e. The number of aromatic nitrogens is 2. The molecule has 2 N–H and O–H groups in total. The minimum Gasteiger partial charge on any atom is -0.481 e. The first-order valence-corrected chi connectivity index (χ1v) is 7.89. The van der Waals surface area contributed by atoms with E-state index in [9.17, 15) is 15.0 Å². The minimum atomic E-state index is -1.13. The molecule has 0 aromatic carbocycles. The summed E-state index contributed by atoms with van der Waals surface area (Å²) in [5.74, 6) is -0.0428. The van der Waals surface area contributed by atoms with Gasteiger partial charge in [0.05, 0.1) is 6.10 Å². The third kappa shape index (κ3) is 3.06. The number of rotatable bonds is 5. The number of nitrogens with zero attached hydrogens (tertiary/aromatic N) is 3. The van der Waals surface area contributed by atoms with Crippen LogP contribution in [-0.4, -0.2) is 45.3 Å². The zero-order chi connectivity index (χ0) is 16.3. The Kier molecular flexibility index (Phi) is 5.01. The van der Waals surface area contributed by atoms with E-state index in [0.29, 0.717) is 37.7 Å². The van der Waals surface area contributed by atoms with Crippen molar-refractivity contribution < 1.29 is 15.0 Å². The molecule has 0 amide bonds. The second kappa shape index (κ2) is 6.60. The molecule has 2 atom stereocenters. The summed E-state index contributed by atoms with van der Waals surface area (Å²) in [5.41, 5.74) is -0.0774. The van der Waals surface area contributed by atoms with E-state index in [0.717, 1.165) is 5.56 Å². The molecule has 0 saturated carbocycles. The summed E-state index contributed by atoms with van der Waals surface area (Å²) < 4.78 is 0. The minimum absolute atomic E-state index is 0.248. The molecule has 0 unspecified atom stereocenters. The predicted molar refractivity (Wildman–Crippen MR) is 83.9 cm³/mol. The van der Waals surface area contributed by atoms with Gasteiger partial charge in [0.15, 0.2) is 0 Å². The van der Waals surface area contributed by atoms with Gasteiger partial charge in [0, 0.05) is 25.5 Å². The van der Waals surface area contributed by atoms with Crippen LogP contribution in [0.25, 0.3) is 0 Å². The zero-order valence-corrected chi connectivity index (χ0v) is 13.5. The molecule has 1 aromatic rings. The molecular formula is C16H25N3O3. The molecule has 0 radical (unpaired) electrons. The fourth-order valence-corrected chi connectivity index (χ4v) is 3.05. The maximum Gasteiger partial charge on any atom is 0.314 e. The van der Waals surface area contributed by atoms with E-state index < -0.39 is 17.5 Å². The summed E-state index contributed by atoms with van der Waals surface area (Å²) in [5, 5.41) is 19.9. The molecule has 122 valence electrons. The Bertz CT molecular complexity index is 518. The lowest BCUT2D eigenvalue weighted by Gasteiger charge is -2.43. The number of hydrogen-bond donors (Lipinski definition) is 2. The third-order valence-electron chi connectivity index (χ3n) is 4.51. The van der Waals surface area contributed by atoms with Crippen LogP contribution in [0.5, 0.6) is 0 Å². The van der Waals surface area contributed by atoms with Crippen LogP contribution in [-0.2, 0) is 4.79 Å². The Hall–Kier alpha value is -1.69.